The molecule has 0 spiro atoms. The average molecular weight is 479 g/mol. The minimum atomic E-state index is -0.276. The monoisotopic (exact) mass is 478 g/mol. The Morgan fingerprint density at radius 3 is 2.71 bits per heavy atom. The minimum Gasteiger partial charge on any atom is -0.496 e. The quantitative estimate of drug-likeness (QED) is 0.565. The van der Waals surface area contributed by atoms with Crippen molar-refractivity contribution >= 4 is 22.7 Å². The number of carbonyl (C=O) groups excluding carboxylic acids is 2. The van der Waals surface area contributed by atoms with Crippen LogP contribution in [0, 0.1) is 19.8 Å². The summed E-state index contributed by atoms with van der Waals surface area (Å²) in [7, 11) is 1.51. The van der Waals surface area contributed by atoms with Crippen LogP contribution in [0.15, 0.2) is 35.1 Å². The Labute approximate surface area is 205 Å². The lowest BCUT2D eigenvalue weighted by molar-refractivity contribution is -0.130. The Balaban J connectivity index is 1.66. The molecule has 3 heterocycles. The van der Waals surface area contributed by atoms with Crippen LogP contribution in [-0.4, -0.2) is 46.5 Å². The Bertz CT molecular complexity index is 1320. The molecule has 4 rings (SSSR count). The molecule has 2 aromatic heterocycles. The number of pyridine rings is 1. The van der Waals surface area contributed by atoms with Gasteiger partial charge in [-0.15, -0.1) is 0 Å². The van der Waals surface area contributed by atoms with Gasteiger partial charge in [0.15, 0.2) is 0 Å². The van der Waals surface area contributed by atoms with Crippen LogP contribution >= 0.6 is 0 Å². The molecule has 186 valence electrons. The number of aryl methyl sites for hydroxylation is 1. The Morgan fingerprint density at radius 1 is 1.26 bits per heavy atom. The Hall–Kier alpha value is -3.55. The Kier molecular flexibility index (Phi) is 7.00. The second kappa shape index (κ2) is 9.98. The summed E-state index contributed by atoms with van der Waals surface area (Å²) in [5, 5.41) is 3.81. The molecular formula is C27H34N4O4. The number of carbonyl (C=O) groups is 2. The van der Waals surface area contributed by atoms with Crippen molar-refractivity contribution in [2.45, 2.75) is 53.1 Å². The molecule has 2 amide bonds. The molecule has 3 aromatic rings. The van der Waals surface area contributed by atoms with Gasteiger partial charge in [0.05, 0.1) is 24.8 Å². The number of aromatic nitrogens is 2. The molecule has 0 aliphatic carbocycles. The van der Waals surface area contributed by atoms with Crippen molar-refractivity contribution in [2.75, 3.05) is 20.2 Å². The number of hydrogen-bond acceptors (Lipinski definition) is 4. The van der Waals surface area contributed by atoms with E-state index in [2.05, 4.69) is 21.8 Å². The lowest BCUT2D eigenvalue weighted by atomic mass is 9.91. The number of amides is 2. The van der Waals surface area contributed by atoms with Crippen molar-refractivity contribution in [3.8, 4) is 5.75 Å². The third-order valence-corrected chi connectivity index (χ3v) is 7.25. The molecular weight excluding hydrogens is 444 g/mol. The van der Waals surface area contributed by atoms with Gasteiger partial charge >= 0.3 is 0 Å². The zero-order valence-electron chi connectivity index (χ0n) is 21.1. The summed E-state index contributed by atoms with van der Waals surface area (Å²) in [5.74, 6) is 0.623. The second-order valence-electron chi connectivity index (χ2n) is 9.47. The third kappa shape index (κ3) is 4.70. The summed E-state index contributed by atoms with van der Waals surface area (Å²) in [6.07, 6.45) is 2.02. The topological polar surface area (TPSA) is 96.4 Å². The van der Waals surface area contributed by atoms with Crippen molar-refractivity contribution in [1.82, 2.24) is 19.8 Å². The van der Waals surface area contributed by atoms with Gasteiger partial charge in [0.25, 0.3) is 11.5 Å². The normalized spacial score (nSPS) is 16.8. The number of rotatable bonds is 6. The van der Waals surface area contributed by atoms with E-state index >= 15 is 0 Å². The number of likely N-dealkylation sites (tertiary alicyclic amines) is 1. The summed E-state index contributed by atoms with van der Waals surface area (Å²) < 4.78 is 7.60. The van der Waals surface area contributed by atoms with Crippen molar-refractivity contribution in [3.05, 3.63) is 63.2 Å². The van der Waals surface area contributed by atoms with Gasteiger partial charge in [-0.05, 0) is 51.7 Å². The molecule has 35 heavy (non-hydrogen) atoms. The van der Waals surface area contributed by atoms with Gasteiger partial charge in [-0.1, -0.05) is 18.2 Å². The maximum atomic E-state index is 13.5. The number of fused-ring (bicyclic) bond motifs is 1. The molecule has 2 N–H and O–H groups in total. The van der Waals surface area contributed by atoms with Crippen LogP contribution in [-0.2, 0) is 11.3 Å². The predicted molar refractivity (Wildman–Crippen MR) is 136 cm³/mol. The van der Waals surface area contributed by atoms with Gasteiger partial charge in [-0.25, -0.2) is 0 Å². The highest BCUT2D eigenvalue weighted by Crippen LogP contribution is 2.35. The number of nitrogens with one attached hydrogen (secondary N) is 2. The van der Waals surface area contributed by atoms with Crippen LogP contribution < -0.4 is 15.6 Å². The summed E-state index contributed by atoms with van der Waals surface area (Å²) in [6.45, 7) is 9.14. The molecule has 0 bridgehead atoms. The number of nitrogens with zero attached hydrogens (tertiary/aromatic N) is 2. The molecule has 8 nitrogen and oxygen atoms in total. The van der Waals surface area contributed by atoms with Crippen molar-refractivity contribution in [1.29, 1.82) is 0 Å². The fourth-order valence-corrected chi connectivity index (χ4v) is 5.40. The van der Waals surface area contributed by atoms with E-state index in [0.717, 1.165) is 42.5 Å². The number of aromatic amines is 1. The van der Waals surface area contributed by atoms with Gasteiger partial charge in [0, 0.05) is 48.3 Å². The van der Waals surface area contributed by atoms with E-state index in [-0.39, 0.29) is 30.0 Å². The van der Waals surface area contributed by atoms with Crippen LogP contribution in [0.25, 0.3) is 10.9 Å². The first-order valence-electron chi connectivity index (χ1n) is 12.1. The second-order valence-corrected chi connectivity index (χ2v) is 9.47. The average Bonchev–Trinajstić information content (AvgIpc) is 3.14. The van der Waals surface area contributed by atoms with E-state index in [1.807, 2.05) is 36.1 Å². The number of benzene rings is 1. The zero-order chi connectivity index (χ0) is 25.3. The molecule has 1 fully saturated rings. The molecule has 0 radical (unpaired) electrons. The van der Waals surface area contributed by atoms with E-state index in [1.165, 1.54) is 7.11 Å². The zero-order valence-corrected chi connectivity index (χ0v) is 21.1. The molecule has 2 unspecified atom stereocenters. The smallest absolute Gasteiger partial charge is 0.256 e. The SMILES string of the molecule is COc1cc(C)[nH]c(=O)c1CNC(=O)c1c(C)n(C(C)C2CCCN(C(C)=O)C2)c2ccccc12. The fraction of sp³-hybridized carbons (Fsp3) is 0.444. The van der Waals surface area contributed by atoms with E-state index in [9.17, 15) is 14.4 Å². The first-order valence-corrected chi connectivity index (χ1v) is 12.1. The number of hydrogen-bond donors (Lipinski definition) is 2. The molecule has 1 aliphatic rings. The van der Waals surface area contributed by atoms with E-state index in [0.29, 0.717) is 28.5 Å². The number of methoxy groups -OCH3 is 1. The number of piperidine rings is 1. The first kappa shape index (κ1) is 24.6. The minimum absolute atomic E-state index is 0.0579. The van der Waals surface area contributed by atoms with Crippen LogP contribution in [0.3, 0.4) is 0 Å². The molecule has 1 aromatic carbocycles. The number of para-hydroxylation sites is 1. The summed E-state index contributed by atoms with van der Waals surface area (Å²) in [6, 6.07) is 9.77. The highest BCUT2D eigenvalue weighted by atomic mass is 16.5. The highest BCUT2D eigenvalue weighted by molar-refractivity contribution is 6.08. The molecule has 1 aliphatic heterocycles. The number of ether oxygens (including phenoxy) is 1. The van der Waals surface area contributed by atoms with Gasteiger partial charge in [0.2, 0.25) is 5.91 Å². The largest absolute Gasteiger partial charge is 0.496 e. The van der Waals surface area contributed by atoms with Crippen LogP contribution in [0.2, 0.25) is 0 Å². The van der Waals surface area contributed by atoms with Gasteiger partial charge in [-0.3, -0.25) is 14.4 Å². The van der Waals surface area contributed by atoms with Gasteiger partial charge in [-0.2, -0.15) is 0 Å². The van der Waals surface area contributed by atoms with Crippen LogP contribution in [0.5, 0.6) is 5.75 Å². The van der Waals surface area contributed by atoms with Crippen molar-refractivity contribution in [3.63, 3.8) is 0 Å². The van der Waals surface area contributed by atoms with Crippen LogP contribution in [0.4, 0.5) is 0 Å². The van der Waals surface area contributed by atoms with Gasteiger partial charge in [0.1, 0.15) is 5.75 Å². The molecule has 1 saturated heterocycles. The summed E-state index contributed by atoms with van der Waals surface area (Å²) >= 11 is 0. The van der Waals surface area contributed by atoms with E-state index < -0.39 is 0 Å². The maximum Gasteiger partial charge on any atom is 0.256 e. The number of H-pyrrole nitrogens is 1. The van der Waals surface area contributed by atoms with Crippen LogP contribution in [0.1, 0.15) is 60.0 Å². The summed E-state index contributed by atoms with van der Waals surface area (Å²) in [5.41, 5.74) is 3.28. The summed E-state index contributed by atoms with van der Waals surface area (Å²) in [4.78, 5) is 42.6. The highest BCUT2D eigenvalue weighted by Gasteiger charge is 2.30. The lowest BCUT2D eigenvalue weighted by Crippen LogP contribution is -2.41. The fourth-order valence-electron chi connectivity index (χ4n) is 5.40. The molecule has 0 saturated carbocycles. The standard InChI is InChI=1S/C27H34N4O4/c1-16-13-24(35-5)22(26(33)29-16)14-28-27(34)25-18(3)31(23-11-7-6-10-21(23)25)17(2)20-9-8-12-30(15-20)19(4)32/h6-7,10-11,13,17,20H,8-9,12,14-15H2,1-5H3,(H,28,34)(H,29,33). The third-order valence-electron chi connectivity index (χ3n) is 7.25. The van der Waals surface area contributed by atoms with E-state index in [4.69, 9.17) is 4.74 Å². The van der Waals surface area contributed by atoms with Gasteiger partial charge < -0.3 is 24.5 Å². The van der Waals surface area contributed by atoms with Crippen molar-refractivity contribution < 1.29 is 14.3 Å². The van der Waals surface area contributed by atoms with E-state index in [1.54, 1.807) is 19.9 Å². The molecule has 8 heteroatoms. The maximum absolute atomic E-state index is 13.5. The predicted octanol–water partition coefficient (Wildman–Crippen LogP) is 3.70. The Morgan fingerprint density at radius 2 is 2.00 bits per heavy atom. The first-order chi connectivity index (χ1) is 16.7. The van der Waals surface area contributed by atoms with Crippen molar-refractivity contribution in [2.24, 2.45) is 5.92 Å². The molecule has 2 atom stereocenters. The lowest BCUT2D eigenvalue weighted by Gasteiger charge is -2.36.